The van der Waals surface area contributed by atoms with E-state index in [1.54, 1.807) is 11.8 Å². The second-order valence-corrected chi connectivity index (χ2v) is 5.40. The van der Waals surface area contributed by atoms with Gasteiger partial charge in [-0.25, -0.2) is 0 Å². The van der Waals surface area contributed by atoms with Gasteiger partial charge in [-0.05, 0) is 12.8 Å². The van der Waals surface area contributed by atoms with Crippen LogP contribution in [-0.2, 0) is 4.79 Å². The van der Waals surface area contributed by atoms with Crippen LogP contribution >= 0.6 is 11.8 Å². The number of amides is 1. The molecule has 0 aromatic carbocycles. The molecule has 0 bridgehead atoms. The van der Waals surface area contributed by atoms with E-state index in [0.717, 1.165) is 11.5 Å². The van der Waals surface area contributed by atoms with Crippen LogP contribution in [0.25, 0.3) is 0 Å². The first-order chi connectivity index (χ1) is 6.73. The van der Waals surface area contributed by atoms with Gasteiger partial charge < -0.3 is 5.73 Å². The molecular weight excluding hydrogens is 196 g/mol. The van der Waals surface area contributed by atoms with Gasteiger partial charge in [0.15, 0.2) is 0 Å². The van der Waals surface area contributed by atoms with Crippen molar-refractivity contribution in [1.29, 1.82) is 0 Å². The van der Waals surface area contributed by atoms with E-state index in [9.17, 15) is 4.79 Å². The summed E-state index contributed by atoms with van der Waals surface area (Å²) in [6.45, 7) is 0. The summed E-state index contributed by atoms with van der Waals surface area (Å²) in [6.07, 6.45) is 6.34. The Balaban J connectivity index is 1.90. The lowest BCUT2D eigenvalue weighted by molar-refractivity contribution is -0.123. The lowest BCUT2D eigenvalue weighted by atomic mass is 9.92. The van der Waals surface area contributed by atoms with Crippen molar-refractivity contribution in [2.24, 2.45) is 5.73 Å². The molecule has 1 saturated heterocycles. The second-order valence-electron chi connectivity index (χ2n) is 4.42. The third kappa shape index (κ3) is 1.91. The van der Waals surface area contributed by atoms with E-state index in [0.29, 0.717) is 6.04 Å². The Morgan fingerprint density at radius 1 is 1.29 bits per heavy atom. The molecule has 4 heteroatoms. The summed E-state index contributed by atoms with van der Waals surface area (Å²) in [5.74, 6) is 1.55. The molecule has 2 rings (SSSR count). The zero-order chi connectivity index (χ0) is 10.0. The number of primary amides is 1. The van der Waals surface area contributed by atoms with Crippen molar-refractivity contribution in [3.8, 4) is 0 Å². The average Bonchev–Trinajstić information content (AvgIpc) is 2.12. The van der Waals surface area contributed by atoms with Crippen LogP contribution in [0.15, 0.2) is 0 Å². The first kappa shape index (κ1) is 10.3. The van der Waals surface area contributed by atoms with Gasteiger partial charge in [-0.15, -0.1) is 0 Å². The van der Waals surface area contributed by atoms with Crippen LogP contribution in [0.4, 0.5) is 0 Å². The van der Waals surface area contributed by atoms with E-state index in [1.165, 1.54) is 32.1 Å². The van der Waals surface area contributed by atoms with Crippen LogP contribution in [0.1, 0.15) is 32.1 Å². The third-order valence-electron chi connectivity index (χ3n) is 3.25. The molecule has 1 saturated carbocycles. The summed E-state index contributed by atoms with van der Waals surface area (Å²) < 4.78 is 0. The van der Waals surface area contributed by atoms with Gasteiger partial charge in [0.05, 0.1) is 0 Å². The van der Waals surface area contributed by atoms with Gasteiger partial charge in [-0.2, -0.15) is 11.8 Å². The summed E-state index contributed by atoms with van der Waals surface area (Å²) in [6, 6.07) is 0.525. The van der Waals surface area contributed by atoms with Gasteiger partial charge in [-0.1, -0.05) is 19.3 Å². The summed E-state index contributed by atoms with van der Waals surface area (Å²) in [5.41, 5.74) is 5.07. The standard InChI is InChI=1S/C10H18N2OS/c11-9(13)10(6-14-7-10)12-8-4-2-1-3-5-8/h8,12H,1-7H2,(H2,11,13). The van der Waals surface area contributed by atoms with Crippen LogP contribution < -0.4 is 11.1 Å². The Kier molecular flexibility index (Phi) is 3.02. The number of carbonyl (C=O) groups excluding carboxylic acids is 1. The fourth-order valence-electron chi connectivity index (χ4n) is 2.24. The number of hydrogen-bond donors (Lipinski definition) is 2. The molecule has 0 spiro atoms. The van der Waals surface area contributed by atoms with Gasteiger partial charge in [-0.3, -0.25) is 10.1 Å². The summed E-state index contributed by atoms with van der Waals surface area (Å²) in [4.78, 5) is 11.3. The molecule has 80 valence electrons. The molecule has 0 aromatic rings. The molecule has 0 radical (unpaired) electrons. The smallest absolute Gasteiger partial charge is 0.239 e. The van der Waals surface area contributed by atoms with Crippen molar-refractivity contribution < 1.29 is 4.79 Å². The van der Waals surface area contributed by atoms with Crippen LogP contribution in [0.3, 0.4) is 0 Å². The molecule has 3 nitrogen and oxygen atoms in total. The van der Waals surface area contributed by atoms with Crippen LogP contribution in [0, 0.1) is 0 Å². The number of nitrogens with two attached hydrogens (primary N) is 1. The van der Waals surface area contributed by atoms with Gasteiger partial charge in [0.1, 0.15) is 5.54 Å². The van der Waals surface area contributed by atoms with Gasteiger partial charge in [0.25, 0.3) is 0 Å². The predicted molar refractivity (Wildman–Crippen MR) is 59.3 cm³/mol. The van der Waals surface area contributed by atoms with E-state index >= 15 is 0 Å². The van der Waals surface area contributed by atoms with Crippen LogP contribution in [-0.4, -0.2) is 29.0 Å². The fraction of sp³-hybridized carbons (Fsp3) is 0.900. The summed E-state index contributed by atoms with van der Waals surface area (Å²) in [7, 11) is 0. The monoisotopic (exact) mass is 214 g/mol. The number of hydrogen-bond acceptors (Lipinski definition) is 3. The van der Waals surface area contributed by atoms with E-state index in [4.69, 9.17) is 5.73 Å². The van der Waals surface area contributed by atoms with E-state index in [2.05, 4.69) is 5.32 Å². The zero-order valence-corrected chi connectivity index (χ0v) is 9.24. The Morgan fingerprint density at radius 2 is 1.93 bits per heavy atom. The maximum Gasteiger partial charge on any atom is 0.239 e. The van der Waals surface area contributed by atoms with Gasteiger partial charge >= 0.3 is 0 Å². The lowest BCUT2D eigenvalue weighted by Crippen LogP contribution is -2.66. The maximum atomic E-state index is 11.3. The Hall–Kier alpha value is -0.220. The molecule has 2 fully saturated rings. The highest BCUT2D eigenvalue weighted by Gasteiger charge is 2.44. The fourth-order valence-corrected chi connectivity index (χ4v) is 3.30. The van der Waals surface area contributed by atoms with Crippen molar-refractivity contribution in [3.05, 3.63) is 0 Å². The molecule has 0 aromatic heterocycles. The Bertz CT molecular complexity index is 222. The van der Waals surface area contributed by atoms with Crippen molar-refractivity contribution in [2.45, 2.75) is 43.7 Å². The van der Waals surface area contributed by atoms with E-state index in [1.807, 2.05) is 0 Å². The minimum absolute atomic E-state index is 0.165. The highest BCUT2D eigenvalue weighted by atomic mass is 32.2. The molecule has 1 heterocycles. The zero-order valence-electron chi connectivity index (χ0n) is 8.42. The highest BCUT2D eigenvalue weighted by Crippen LogP contribution is 2.31. The number of thioether (sulfide) groups is 1. The Morgan fingerprint density at radius 3 is 2.36 bits per heavy atom. The van der Waals surface area contributed by atoms with Crippen molar-refractivity contribution in [3.63, 3.8) is 0 Å². The quantitative estimate of drug-likeness (QED) is 0.733. The van der Waals surface area contributed by atoms with Crippen molar-refractivity contribution in [1.82, 2.24) is 5.32 Å². The number of nitrogens with one attached hydrogen (secondary N) is 1. The predicted octanol–water partition coefficient (Wildman–Crippen LogP) is 0.880. The SMILES string of the molecule is NC(=O)C1(NC2CCCCC2)CSC1. The topological polar surface area (TPSA) is 55.1 Å². The molecule has 0 unspecified atom stereocenters. The number of carbonyl (C=O) groups is 1. The highest BCUT2D eigenvalue weighted by molar-refractivity contribution is 8.01. The number of rotatable bonds is 3. The molecule has 3 N–H and O–H groups in total. The first-order valence-electron chi connectivity index (χ1n) is 5.38. The molecule has 0 atom stereocenters. The van der Waals surface area contributed by atoms with Crippen LogP contribution in [0.5, 0.6) is 0 Å². The van der Waals surface area contributed by atoms with E-state index in [-0.39, 0.29) is 11.4 Å². The average molecular weight is 214 g/mol. The van der Waals surface area contributed by atoms with Gasteiger partial charge in [0, 0.05) is 17.5 Å². The molecule has 14 heavy (non-hydrogen) atoms. The molecule has 1 aliphatic heterocycles. The third-order valence-corrected chi connectivity index (χ3v) is 4.65. The minimum atomic E-state index is -0.368. The maximum absolute atomic E-state index is 11.3. The lowest BCUT2D eigenvalue weighted by Gasteiger charge is -2.42. The van der Waals surface area contributed by atoms with Crippen molar-refractivity contribution >= 4 is 17.7 Å². The molecular formula is C10H18N2OS. The van der Waals surface area contributed by atoms with E-state index < -0.39 is 0 Å². The molecule has 2 aliphatic rings. The molecule has 1 amide bonds. The summed E-state index contributed by atoms with van der Waals surface area (Å²) in [5, 5.41) is 3.47. The van der Waals surface area contributed by atoms with Crippen LogP contribution in [0.2, 0.25) is 0 Å². The van der Waals surface area contributed by atoms with Crippen molar-refractivity contribution in [2.75, 3.05) is 11.5 Å². The van der Waals surface area contributed by atoms with Gasteiger partial charge in [0.2, 0.25) is 5.91 Å². The summed E-state index contributed by atoms with van der Waals surface area (Å²) >= 11 is 1.80. The largest absolute Gasteiger partial charge is 0.368 e. The minimum Gasteiger partial charge on any atom is -0.368 e. The Labute approximate surface area is 89.2 Å². The normalized spacial score (nSPS) is 26.9. The second kappa shape index (κ2) is 4.11. The molecule has 1 aliphatic carbocycles. The first-order valence-corrected chi connectivity index (χ1v) is 6.54.